The number of pyridine rings is 1. The molecule has 5 aromatic rings. The van der Waals surface area contributed by atoms with E-state index in [4.69, 9.17) is 11.6 Å². The van der Waals surface area contributed by atoms with E-state index in [-0.39, 0.29) is 23.2 Å². The van der Waals surface area contributed by atoms with E-state index in [1.807, 2.05) is 41.3 Å². The van der Waals surface area contributed by atoms with Gasteiger partial charge in [-0.3, -0.25) is 24.7 Å². The largest absolute Gasteiger partial charge is 0.378 e. The number of nitrogens with one attached hydrogen (secondary N) is 3. The number of halogens is 2. The quantitative estimate of drug-likeness (QED) is 0.0517. The van der Waals surface area contributed by atoms with E-state index in [0.717, 1.165) is 79.0 Å². The van der Waals surface area contributed by atoms with Crippen LogP contribution in [0, 0.1) is 15.5 Å². The topological polar surface area (TPSA) is 174 Å². The van der Waals surface area contributed by atoms with Crippen molar-refractivity contribution in [3.63, 3.8) is 0 Å². The van der Waals surface area contributed by atoms with Gasteiger partial charge in [-0.25, -0.2) is 22.5 Å². The molecule has 2 aliphatic heterocycles. The summed E-state index contributed by atoms with van der Waals surface area (Å²) in [7, 11) is -6.86. The molecule has 1 aliphatic carbocycles. The van der Waals surface area contributed by atoms with Crippen LogP contribution in [0.15, 0.2) is 105 Å². The van der Waals surface area contributed by atoms with Gasteiger partial charge in [-0.2, -0.15) is 0 Å². The number of benzene rings is 3. The Morgan fingerprint density at radius 2 is 1.77 bits per heavy atom. The molecule has 0 radical (unpaired) electrons. The van der Waals surface area contributed by atoms with Crippen molar-refractivity contribution >= 4 is 80.1 Å². The first-order chi connectivity index (χ1) is 31.5. The number of fused-ring (bicyclic) bond motifs is 1. The molecule has 8 rings (SSSR count). The maximum Gasteiger partial charge on any atom is 0.293 e. The number of nitro benzene ring substituents is 1. The van der Waals surface area contributed by atoms with Crippen molar-refractivity contribution < 1.29 is 27.1 Å². The number of rotatable bonds is 15. The van der Waals surface area contributed by atoms with Crippen molar-refractivity contribution in [1.82, 2.24) is 24.5 Å². The van der Waals surface area contributed by atoms with Gasteiger partial charge in [-0.15, -0.1) is 0 Å². The average Bonchev–Trinajstić information content (AvgIpc) is 3.76. The van der Waals surface area contributed by atoms with Gasteiger partial charge in [0.1, 0.15) is 18.0 Å². The highest BCUT2D eigenvalue weighted by Gasteiger charge is 2.32. The van der Waals surface area contributed by atoms with Crippen molar-refractivity contribution in [2.75, 3.05) is 88.2 Å². The number of nitro groups is 1. The average molecular weight is 978 g/mol. The Morgan fingerprint density at radius 3 is 2.48 bits per heavy atom. The first-order valence-corrected chi connectivity index (χ1v) is 27.3. The van der Waals surface area contributed by atoms with Crippen molar-refractivity contribution in [2.24, 2.45) is 5.41 Å². The molecule has 66 heavy (non-hydrogen) atoms. The van der Waals surface area contributed by atoms with Gasteiger partial charge in [0.2, 0.25) is 0 Å². The zero-order valence-electron chi connectivity index (χ0n) is 37.3. The molecule has 19 heteroatoms. The third-order valence-electron chi connectivity index (χ3n) is 13.0. The molecule has 0 bridgehead atoms. The van der Waals surface area contributed by atoms with Crippen LogP contribution in [0.4, 0.5) is 21.5 Å². The summed E-state index contributed by atoms with van der Waals surface area (Å²) in [6.45, 7) is 10.6. The number of aromatic amines is 1. The summed E-state index contributed by atoms with van der Waals surface area (Å²) in [5.41, 5.74) is 5.47. The standard InChI is InChI=1S/C47H55ClFN8O6PS2/c1-47(2)14-12-34(41(27-47)32-4-6-35(48)7-5-32)31-54-16-18-55(19-17-54)36-8-10-40(44(25-36)65-38-24-33-13-15-50-45(33)52-30-38)46(58)53-66(62,63)39-9-11-42(43(26-39)57(59)60)51-29-37(28-49)56-20-22-64(3,61)23-21-56/h4-11,13,15,24-26,30,37,51H,12,14,16-23,27-29,31H2,1-3H3,(H,50,52)(H,53,58). The molecular weight excluding hydrogens is 922 g/mol. The van der Waals surface area contributed by atoms with Crippen LogP contribution in [0.2, 0.25) is 5.02 Å². The van der Waals surface area contributed by atoms with E-state index in [1.165, 1.54) is 40.6 Å². The van der Waals surface area contributed by atoms with Crippen LogP contribution >= 0.6 is 30.5 Å². The van der Waals surface area contributed by atoms with E-state index in [1.54, 1.807) is 25.1 Å². The van der Waals surface area contributed by atoms with Crippen molar-refractivity contribution in [3.05, 3.63) is 117 Å². The summed E-state index contributed by atoms with van der Waals surface area (Å²) in [6.07, 6.45) is 7.60. The molecule has 350 valence electrons. The lowest BCUT2D eigenvalue weighted by atomic mass is 9.72. The molecule has 2 aromatic heterocycles. The van der Waals surface area contributed by atoms with Crippen LogP contribution in [0.5, 0.6) is 0 Å². The molecule has 4 heterocycles. The lowest BCUT2D eigenvalue weighted by Crippen LogP contribution is -2.47. The van der Waals surface area contributed by atoms with Gasteiger partial charge in [0.05, 0.1) is 28.6 Å². The second-order valence-corrected chi connectivity index (χ2v) is 25.1. The Kier molecular flexibility index (Phi) is 14.3. The summed E-state index contributed by atoms with van der Waals surface area (Å²) in [4.78, 5) is 40.5. The molecule has 3 N–H and O–H groups in total. The maximum atomic E-state index is 14.1. The van der Waals surface area contributed by atoms with Gasteiger partial charge in [-0.1, -0.05) is 54.9 Å². The molecule has 3 aromatic carbocycles. The fraction of sp³-hybridized carbons (Fsp3) is 0.404. The highest BCUT2D eigenvalue weighted by molar-refractivity contribution is 7.99. The van der Waals surface area contributed by atoms with Crippen LogP contribution in [0.25, 0.3) is 16.6 Å². The SMILES string of the molecule is CC1(C)CCC(CN2CCN(c3ccc(C(=O)NS(=O)(=O)c4ccc(NCC(CF)N5CCP(C)(=O)CC5)c([N+](=O)[O-])c4)c(Sc4cnc5[nH]ccc5c4)c3)CC2)=C(c2ccc(Cl)cc2)C1. The van der Waals surface area contributed by atoms with Crippen molar-refractivity contribution in [3.8, 4) is 0 Å². The number of sulfonamides is 1. The van der Waals surface area contributed by atoms with Crippen LogP contribution in [-0.4, -0.2) is 123 Å². The first-order valence-electron chi connectivity index (χ1n) is 22.1. The molecule has 1 atom stereocenters. The first kappa shape index (κ1) is 47.7. The maximum absolute atomic E-state index is 14.1. The molecule has 1 amide bonds. The van der Waals surface area contributed by atoms with Crippen LogP contribution in [0.1, 0.15) is 49.0 Å². The van der Waals surface area contributed by atoms with Crippen LogP contribution in [-0.2, 0) is 14.6 Å². The Balaban J connectivity index is 0.989. The van der Waals surface area contributed by atoms with Crippen LogP contribution < -0.4 is 14.9 Å². The van der Waals surface area contributed by atoms with E-state index in [2.05, 4.69) is 55.8 Å². The summed E-state index contributed by atoms with van der Waals surface area (Å²) in [6, 6.07) is 20.0. The number of nitrogens with zero attached hydrogens (tertiary/aromatic N) is 5. The fourth-order valence-corrected chi connectivity index (χ4v) is 12.7. The monoisotopic (exact) mass is 976 g/mol. The van der Waals surface area contributed by atoms with Gasteiger partial charge < -0.3 is 19.8 Å². The Hall–Kier alpha value is -4.77. The fourth-order valence-electron chi connectivity index (χ4n) is 8.97. The summed E-state index contributed by atoms with van der Waals surface area (Å²) in [5, 5.41) is 16.7. The highest BCUT2D eigenvalue weighted by Crippen LogP contribution is 2.45. The second-order valence-electron chi connectivity index (χ2n) is 18.4. The number of alkyl halides is 1. The lowest BCUT2D eigenvalue weighted by molar-refractivity contribution is -0.384. The second kappa shape index (κ2) is 19.8. The number of hydrogen-bond donors (Lipinski definition) is 3. The molecule has 0 spiro atoms. The third-order valence-corrected chi connectivity index (χ3v) is 17.9. The number of aromatic nitrogens is 2. The molecular formula is C47H55ClFN8O6PS2. The van der Waals surface area contributed by atoms with Gasteiger partial charge >= 0.3 is 0 Å². The number of piperazine rings is 1. The molecule has 0 saturated carbocycles. The predicted octanol–water partition coefficient (Wildman–Crippen LogP) is 9.24. The Morgan fingerprint density at radius 1 is 1.03 bits per heavy atom. The molecule has 3 aliphatic rings. The Bertz CT molecular complexity index is 2810. The number of carbonyl (C=O) groups excluding carboxylic acids is 1. The van der Waals surface area contributed by atoms with Crippen LogP contribution in [0.3, 0.4) is 0 Å². The van der Waals surface area contributed by atoms with Gasteiger partial charge in [-0.05, 0) is 97.1 Å². The minimum absolute atomic E-state index is 0.00260. The third kappa shape index (κ3) is 11.3. The molecule has 1 unspecified atom stereocenters. The highest BCUT2D eigenvalue weighted by atomic mass is 35.5. The summed E-state index contributed by atoms with van der Waals surface area (Å²) in [5.74, 6) is -0.904. The number of H-pyrrole nitrogens is 1. The number of anilines is 2. The van der Waals surface area contributed by atoms with Crippen molar-refractivity contribution in [1.29, 1.82) is 0 Å². The summed E-state index contributed by atoms with van der Waals surface area (Å²) < 4.78 is 56.4. The number of carbonyl (C=O) groups is 1. The van der Waals surface area contributed by atoms with Gasteiger partial charge in [0.15, 0.2) is 0 Å². The number of amides is 1. The van der Waals surface area contributed by atoms with E-state index in [0.29, 0.717) is 36.0 Å². The minimum atomic E-state index is -4.61. The normalized spacial score (nSPS) is 18.6. The number of hydrogen-bond acceptors (Lipinski definition) is 12. The van der Waals surface area contributed by atoms with E-state index in [9.17, 15) is 32.3 Å². The van der Waals surface area contributed by atoms with E-state index >= 15 is 0 Å². The lowest BCUT2D eigenvalue weighted by Gasteiger charge is -2.39. The predicted molar refractivity (Wildman–Crippen MR) is 262 cm³/mol. The van der Waals surface area contributed by atoms with Gasteiger partial charge in [0, 0.05) is 109 Å². The van der Waals surface area contributed by atoms with Gasteiger partial charge in [0.25, 0.3) is 21.6 Å². The smallest absolute Gasteiger partial charge is 0.293 e. The zero-order valence-corrected chi connectivity index (χ0v) is 40.5. The van der Waals surface area contributed by atoms with Crippen molar-refractivity contribution in [2.45, 2.75) is 53.8 Å². The number of allylic oxidation sites excluding steroid dienone is 1. The molecule has 2 saturated heterocycles. The zero-order chi connectivity index (χ0) is 46.8. The summed E-state index contributed by atoms with van der Waals surface area (Å²) >= 11 is 7.53. The van der Waals surface area contributed by atoms with E-state index < -0.39 is 51.3 Å². The molecule has 2 fully saturated rings. The Labute approximate surface area is 394 Å². The molecule has 14 nitrogen and oxygen atoms in total. The minimum Gasteiger partial charge on any atom is -0.378 e.